The third-order valence-corrected chi connectivity index (χ3v) is 3.39. The van der Waals surface area contributed by atoms with E-state index in [0.29, 0.717) is 15.6 Å². The van der Waals surface area contributed by atoms with Crippen LogP contribution in [0.15, 0.2) is 42.5 Å². The maximum atomic E-state index is 13.0. The number of aliphatic hydroxyl groups excluding tert-OH is 1. The summed E-state index contributed by atoms with van der Waals surface area (Å²) >= 11 is 11.7. The Kier molecular flexibility index (Phi) is 4.64. The second-order valence-electron chi connectivity index (χ2n) is 4.08. The first-order valence-electron chi connectivity index (χ1n) is 5.69. The van der Waals surface area contributed by atoms with Crippen LogP contribution in [0.3, 0.4) is 0 Å². The molecule has 0 amide bonds. The Morgan fingerprint density at radius 1 is 1.11 bits per heavy atom. The lowest BCUT2D eigenvalue weighted by atomic mass is 10.1. The summed E-state index contributed by atoms with van der Waals surface area (Å²) in [5.74, 6) is -0.369. The smallest absolute Gasteiger partial charge is 0.123 e. The number of benzene rings is 2. The zero-order valence-electron chi connectivity index (χ0n) is 9.91. The van der Waals surface area contributed by atoms with Crippen LogP contribution in [0.2, 0.25) is 10.0 Å². The topological polar surface area (TPSA) is 32.3 Å². The Morgan fingerprint density at radius 2 is 1.89 bits per heavy atom. The summed E-state index contributed by atoms with van der Waals surface area (Å²) < 4.78 is 13.0. The Hall–Kier alpha value is -1.29. The molecule has 0 aromatic heterocycles. The van der Waals surface area contributed by atoms with Crippen LogP contribution in [0.5, 0.6) is 0 Å². The fourth-order valence-corrected chi connectivity index (χ4v) is 1.95. The van der Waals surface area contributed by atoms with Gasteiger partial charge in [-0.25, -0.2) is 4.39 Å². The summed E-state index contributed by atoms with van der Waals surface area (Å²) in [5, 5.41) is 13.9. The molecule has 0 aliphatic heterocycles. The van der Waals surface area contributed by atoms with Crippen molar-refractivity contribution < 1.29 is 9.50 Å². The lowest BCUT2D eigenvalue weighted by Crippen LogP contribution is -2.12. The number of rotatable bonds is 4. The summed E-state index contributed by atoms with van der Waals surface area (Å²) in [4.78, 5) is 0. The van der Waals surface area contributed by atoms with Gasteiger partial charge in [-0.05, 0) is 35.9 Å². The fourth-order valence-electron chi connectivity index (χ4n) is 1.65. The van der Waals surface area contributed by atoms with Gasteiger partial charge in [0.15, 0.2) is 0 Å². The first kappa shape index (κ1) is 14.1. The molecule has 0 aliphatic carbocycles. The van der Waals surface area contributed by atoms with E-state index in [9.17, 15) is 9.50 Å². The van der Waals surface area contributed by atoms with Crippen molar-refractivity contribution in [3.8, 4) is 0 Å². The average molecular weight is 300 g/mol. The second kappa shape index (κ2) is 6.24. The van der Waals surface area contributed by atoms with Crippen LogP contribution in [0.25, 0.3) is 0 Å². The molecule has 2 aromatic carbocycles. The van der Waals surface area contributed by atoms with E-state index in [1.165, 1.54) is 12.1 Å². The SMILES string of the molecule is OC(CNc1ccc(Cl)c(Cl)c1)c1cccc(F)c1. The van der Waals surface area contributed by atoms with Gasteiger partial charge < -0.3 is 10.4 Å². The minimum Gasteiger partial charge on any atom is -0.387 e. The molecular weight excluding hydrogens is 288 g/mol. The van der Waals surface area contributed by atoms with Crippen LogP contribution in [-0.4, -0.2) is 11.7 Å². The van der Waals surface area contributed by atoms with Gasteiger partial charge in [0.2, 0.25) is 0 Å². The van der Waals surface area contributed by atoms with Crippen molar-refractivity contribution >= 4 is 28.9 Å². The quantitative estimate of drug-likeness (QED) is 0.883. The molecule has 1 unspecified atom stereocenters. The van der Waals surface area contributed by atoms with E-state index in [4.69, 9.17) is 23.2 Å². The Morgan fingerprint density at radius 3 is 2.58 bits per heavy atom. The molecule has 0 fully saturated rings. The Labute approximate surface area is 120 Å². The molecule has 0 saturated carbocycles. The summed E-state index contributed by atoms with van der Waals surface area (Å²) in [7, 11) is 0. The molecule has 0 bridgehead atoms. The van der Waals surface area contributed by atoms with Crippen LogP contribution in [-0.2, 0) is 0 Å². The van der Waals surface area contributed by atoms with Gasteiger partial charge in [0, 0.05) is 12.2 Å². The molecule has 0 aliphatic rings. The number of hydrogen-bond acceptors (Lipinski definition) is 2. The maximum absolute atomic E-state index is 13.0. The molecule has 0 radical (unpaired) electrons. The fraction of sp³-hybridized carbons (Fsp3) is 0.143. The highest BCUT2D eigenvalue weighted by atomic mass is 35.5. The Balaban J connectivity index is 2.00. The number of halogens is 3. The first-order chi connectivity index (χ1) is 9.06. The molecule has 2 rings (SSSR count). The summed E-state index contributed by atoms with van der Waals surface area (Å²) in [6.45, 7) is 0.251. The predicted octanol–water partition coefficient (Wildman–Crippen LogP) is 4.28. The van der Waals surface area contributed by atoms with Crippen LogP contribution in [0.4, 0.5) is 10.1 Å². The van der Waals surface area contributed by atoms with E-state index in [1.807, 2.05) is 0 Å². The molecule has 0 saturated heterocycles. The van der Waals surface area contributed by atoms with Crippen molar-refractivity contribution in [2.24, 2.45) is 0 Å². The Bertz CT molecular complexity index is 577. The van der Waals surface area contributed by atoms with E-state index < -0.39 is 6.10 Å². The van der Waals surface area contributed by atoms with Crippen molar-refractivity contribution in [1.82, 2.24) is 0 Å². The second-order valence-corrected chi connectivity index (χ2v) is 4.89. The van der Waals surface area contributed by atoms with Gasteiger partial charge in [0.05, 0.1) is 16.1 Å². The average Bonchev–Trinajstić information content (AvgIpc) is 2.40. The summed E-state index contributed by atoms with van der Waals surface area (Å²) in [6, 6.07) is 11.0. The maximum Gasteiger partial charge on any atom is 0.123 e. The number of hydrogen-bond donors (Lipinski definition) is 2. The van der Waals surface area contributed by atoms with E-state index in [2.05, 4.69) is 5.32 Å². The largest absolute Gasteiger partial charge is 0.387 e. The molecule has 2 aromatic rings. The van der Waals surface area contributed by atoms with Gasteiger partial charge in [-0.15, -0.1) is 0 Å². The van der Waals surface area contributed by atoms with Gasteiger partial charge in [0.25, 0.3) is 0 Å². The molecule has 19 heavy (non-hydrogen) atoms. The number of aliphatic hydroxyl groups is 1. The lowest BCUT2D eigenvalue weighted by molar-refractivity contribution is 0.191. The number of nitrogens with one attached hydrogen (secondary N) is 1. The highest BCUT2D eigenvalue weighted by Crippen LogP contribution is 2.25. The molecular formula is C14H12Cl2FNO. The molecule has 5 heteroatoms. The predicted molar refractivity (Wildman–Crippen MR) is 76.3 cm³/mol. The van der Waals surface area contributed by atoms with E-state index in [1.54, 1.807) is 30.3 Å². The molecule has 100 valence electrons. The highest BCUT2D eigenvalue weighted by molar-refractivity contribution is 6.42. The third kappa shape index (κ3) is 3.83. The van der Waals surface area contributed by atoms with Crippen molar-refractivity contribution in [1.29, 1.82) is 0 Å². The van der Waals surface area contributed by atoms with E-state index in [-0.39, 0.29) is 12.4 Å². The van der Waals surface area contributed by atoms with Gasteiger partial charge in [-0.1, -0.05) is 35.3 Å². The minimum absolute atomic E-state index is 0.251. The standard InChI is InChI=1S/C14H12Cl2FNO/c15-12-5-4-11(7-13(12)16)18-8-14(19)9-2-1-3-10(17)6-9/h1-7,14,18-19H,8H2. The molecule has 2 nitrogen and oxygen atoms in total. The zero-order chi connectivity index (χ0) is 13.8. The molecule has 0 heterocycles. The summed E-state index contributed by atoms with van der Waals surface area (Å²) in [6.07, 6.45) is -0.801. The lowest BCUT2D eigenvalue weighted by Gasteiger charge is -2.13. The highest BCUT2D eigenvalue weighted by Gasteiger charge is 2.08. The minimum atomic E-state index is -0.801. The van der Waals surface area contributed by atoms with Crippen LogP contribution in [0.1, 0.15) is 11.7 Å². The van der Waals surface area contributed by atoms with Crippen molar-refractivity contribution in [3.05, 3.63) is 63.9 Å². The van der Waals surface area contributed by atoms with E-state index in [0.717, 1.165) is 5.69 Å². The normalized spacial score (nSPS) is 12.2. The van der Waals surface area contributed by atoms with Crippen LogP contribution < -0.4 is 5.32 Å². The van der Waals surface area contributed by atoms with Crippen molar-refractivity contribution in [2.45, 2.75) is 6.10 Å². The van der Waals surface area contributed by atoms with Gasteiger partial charge in [-0.3, -0.25) is 0 Å². The van der Waals surface area contributed by atoms with Gasteiger partial charge in [-0.2, -0.15) is 0 Å². The van der Waals surface area contributed by atoms with E-state index >= 15 is 0 Å². The molecule has 2 N–H and O–H groups in total. The first-order valence-corrected chi connectivity index (χ1v) is 6.44. The third-order valence-electron chi connectivity index (χ3n) is 2.65. The number of anilines is 1. The van der Waals surface area contributed by atoms with Gasteiger partial charge in [0.1, 0.15) is 5.82 Å². The molecule has 0 spiro atoms. The molecule has 1 atom stereocenters. The van der Waals surface area contributed by atoms with Crippen molar-refractivity contribution in [3.63, 3.8) is 0 Å². The van der Waals surface area contributed by atoms with Crippen LogP contribution >= 0.6 is 23.2 Å². The van der Waals surface area contributed by atoms with Crippen molar-refractivity contribution in [2.75, 3.05) is 11.9 Å². The zero-order valence-corrected chi connectivity index (χ0v) is 11.4. The van der Waals surface area contributed by atoms with Crippen LogP contribution in [0, 0.1) is 5.82 Å². The van der Waals surface area contributed by atoms with Gasteiger partial charge >= 0.3 is 0 Å². The monoisotopic (exact) mass is 299 g/mol. The summed E-state index contributed by atoms with van der Waals surface area (Å²) in [5.41, 5.74) is 1.26.